The summed E-state index contributed by atoms with van der Waals surface area (Å²) >= 11 is 0. The zero-order valence-electron chi connectivity index (χ0n) is 12.2. The van der Waals surface area contributed by atoms with E-state index in [1.807, 2.05) is 18.2 Å². The summed E-state index contributed by atoms with van der Waals surface area (Å²) in [7, 11) is -2.87. The molecule has 5 nitrogen and oxygen atoms in total. The van der Waals surface area contributed by atoms with Crippen molar-refractivity contribution in [1.82, 2.24) is 14.9 Å². The molecule has 1 unspecified atom stereocenters. The number of para-hydroxylation sites is 2. The average Bonchev–Trinajstić information content (AvgIpc) is 2.81. The molecule has 1 saturated heterocycles. The Kier molecular flexibility index (Phi) is 3.99. The monoisotopic (exact) mass is 307 g/mol. The molecule has 1 aromatic heterocycles. The van der Waals surface area contributed by atoms with Crippen molar-refractivity contribution in [3.05, 3.63) is 30.1 Å². The van der Waals surface area contributed by atoms with Crippen LogP contribution in [0.15, 0.2) is 24.3 Å². The Morgan fingerprint density at radius 1 is 1.38 bits per heavy atom. The van der Waals surface area contributed by atoms with Crippen LogP contribution in [0.3, 0.4) is 0 Å². The number of rotatable bonds is 4. The van der Waals surface area contributed by atoms with E-state index in [4.69, 9.17) is 0 Å². The largest absolute Gasteiger partial charge is 0.327 e. The second kappa shape index (κ2) is 5.77. The highest BCUT2D eigenvalue weighted by atomic mass is 32.2. The van der Waals surface area contributed by atoms with E-state index in [1.165, 1.54) is 0 Å². The highest BCUT2D eigenvalue weighted by Crippen LogP contribution is 2.17. The molecule has 2 heterocycles. The van der Waals surface area contributed by atoms with Crippen molar-refractivity contribution in [2.75, 3.05) is 11.5 Å². The third kappa shape index (κ3) is 3.11. The van der Waals surface area contributed by atoms with Crippen LogP contribution in [-0.2, 0) is 22.9 Å². The SMILES string of the molecule is CCn1c(CNC2CCCS(=O)(=O)C2)nc2ccccc21. The van der Waals surface area contributed by atoms with E-state index in [1.54, 1.807) is 0 Å². The molecule has 1 aliphatic rings. The van der Waals surface area contributed by atoms with Gasteiger partial charge in [0.2, 0.25) is 0 Å². The minimum Gasteiger partial charge on any atom is -0.327 e. The third-order valence-electron chi connectivity index (χ3n) is 4.06. The molecule has 3 rings (SSSR count). The zero-order chi connectivity index (χ0) is 14.9. The summed E-state index contributed by atoms with van der Waals surface area (Å²) in [6, 6.07) is 8.13. The standard InChI is InChI=1S/C15H21N3O2S/c1-2-18-14-8-4-3-7-13(14)17-15(18)10-16-12-6-5-9-21(19,20)11-12/h3-4,7-8,12,16H,2,5-6,9-11H2,1H3. The Balaban J connectivity index is 1.76. The van der Waals surface area contributed by atoms with Gasteiger partial charge in [0, 0.05) is 12.6 Å². The van der Waals surface area contributed by atoms with E-state index < -0.39 is 9.84 Å². The lowest BCUT2D eigenvalue weighted by Gasteiger charge is -2.23. The molecular formula is C15H21N3O2S. The number of hydrogen-bond donors (Lipinski definition) is 1. The molecular weight excluding hydrogens is 286 g/mol. The Morgan fingerprint density at radius 3 is 2.95 bits per heavy atom. The fourth-order valence-corrected chi connectivity index (χ4v) is 4.70. The molecule has 1 atom stereocenters. The summed E-state index contributed by atoms with van der Waals surface area (Å²) < 4.78 is 25.5. The van der Waals surface area contributed by atoms with Gasteiger partial charge in [-0.15, -0.1) is 0 Å². The summed E-state index contributed by atoms with van der Waals surface area (Å²) in [6.07, 6.45) is 1.68. The van der Waals surface area contributed by atoms with Crippen molar-refractivity contribution in [2.45, 2.75) is 38.9 Å². The maximum atomic E-state index is 11.7. The van der Waals surface area contributed by atoms with E-state index >= 15 is 0 Å². The number of fused-ring (bicyclic) bond motifs is 1. The first-order valence-electron chi connectivity index (χ1n) is 7.47. The molecule has 0 spiro atoms. The summed E-state index contributed by atoms with van der Waals surface area (Å²) in [5.74, 6) is 1.56. The van der Waals surface area contributed by atoms with Gasteiger partial charge in [0.25, 0.3) is 0 Å². The van der Waals surface area contributed by atoms with Gasteiger partial charge in [-0.1, -0.05) is 12.1 Å². The van der Waals surface area contributed by atoms with E-state index in [0.29, 0.717) is 12.3 Å². The van der Waals surface area contributed by atoms with E-state index in [-0.39, 0.29) is 11.8 Å². The summed E-state index contributed by atoms with van der Waals surface area (Å²) in [6.45, 7) is 3.58. The molecule has 0 aliphatic carbocycles. The van der Waals surface area contributed by atoms with Gasteiger partial charge in [-0.3, -0.25) is 0 Å². The highest BCUT2D eigenvalue weighted by Gasteiger charge is 2.24. The number of nitrogens with one attached hydrogen (secondary N) is 1. The second-order valence-electron chi connectivity index (χ2n) is 5.60. The van der Waals surface area contributed by atoms with Gasteiger partial charge >= 0.3 is 0 Å². The van der Waals surface area contributed by atoms with Gasteiger partial charge < -0.3 is 9.88 Å². The van der Waals surface area contributed by atoms with Crippen molar-refractivity contribution in [2.24, 2.45) is 0 Å². The lowest BCUT2D eigenvalue weighted by molar-refractivity contribution is 0.469. The number of benzene rings is 1. The smallest absolute Gasteiger partial charge is 0.151 e. The number of aromatic nitrogens is 2. The normalized spacial score (nSPS) is 21.7. The van der Waals surface area contributed by atoms with Crippen LogP contribution in [0, 0.1) is 0 Å². The fourth-order valence-electron chi connectivity index (χ4n) is 3.03. The van der Waals surface area contributed by atoms with Crippen LogP contribution in [0.2, 0.25) is 0 Å². The first-order valence-corrected chi connectivity index (χ1v) is 9.29. The molecule has 1 aliphatic heterocycles. The van der Waals surface area contributed by atoms with Crippen LogP contribution in [0.4, 0.5) is 0 Å². The molecule has 0 radical (unpaired) electrons. The predicted octanol–water partition coefficient (Wildman–Crippen LogP) is 1.72. The molecule has 1 aromatic carbocycles. The lowest BCUT2D eigenvalue weighted by atomic mass is 10.2. The maximum Gasteiger partial charge on any atom is 0.151 e. The van der Waals surface area contributed by atoms with Crippen LogP contribution < -0.4 is 5.32 Å². The van der Waals surface area contributed by atoms with Crippen molar-refractivity contribution in [3.8, 4) is 0 Å². The molecule has 0 saturated carbocycles. The summed E-state index contributed by atoms with van der Waals surface area (Å²) in [5.41, 5.74) is 2.13. The van der Waals surface area contributed by atoms with Crippen LogP contribution in [-0.4, -0.2) is 35.5 Å². The third-order valence-corrected chi connectivity index (χ3v) is 5.88. The fraction of sp³-hybridized carbons (Fsp3) is 0.533. The van der Waals surface area contributed by atoms with Gasteiger partial charge in [0.05, 0.1) is 29.1 Å². The molecule has 2 aromatic rings. The maximum absolute atomic E-state index is 11.7. The molecule has 114 valence electrons. The lowest BCUT2D eigenvalue weighted by Crippen LogP contribution is -2.40. The van der Waals surface area contributed by atoms with Crippen LogP contribution in [0.1, 0.15) is 25.6 Å². The topological polar surface area (TPSA) is 64.0 Å². The van der Waals surface area contributed by atoms with Crippen LogP contribution >= 0.6 is 0 Å². The number of imidazole rings is 1. The molecule has 0 bridgehead atoms. The first kappa shape index (κ1) is 14.5. The van der Waals surface area contributed by atoms with E-state index in [9.17, 15) is 8.42 Å². The van der Waals surface area contributed by atoms with Crippen LogP contribution in [0.25, 0.3) is 11.0 Å². The Morgan fingerprint density at radius 2 is 2.19 bits per heavy atom. The zero-order valence-corrected chi connectivity index (χ0v) is 13.1. The Bertz CT molecular complexity index is 736. The second-order valence-corrected chi connectivity index (χ2v) is 7.82. The number of sulfone groups is 1. The molecule has 1 N–H and O–H groups in total. The van der Waals surface area contributed by atoms with Gasteiger partial charge in [0.1, 0.15) is 5.82 Å². The first-order chi connectivity index (χ1) is 10.1. The van der Waals surface area contributed by atoms with Crippen molar-refractivity contribution < 1.29 is 8.42 Å². The van der Waals surface area contributed by atoms with Gasteiger partial charge in [-0.25, -0.2) is 13.4 Å². The van der Waals surface area contributed by atoms with E-state index in [0.717, 1.165) is 36.2 Å². The summed E-state index contributed by atoms with van der Waals surface area (Å²) in [4.78, 5) is 4.66. The molecule has 0 amide bonds. The quantitative estimate of drug-likeness (QED) is 0.934. The highest BCUT2D eigenvalue weighted by molar-refractivity contribution is 7.91. The molecule has 1 fully saturated rings. The minimum absolute atomic E-state index is 0.0499. The number of hydrogen-bond acceptors (Lipinski definition) is 4. The number of aryl methyl sites for hydroxylation is 1. The van der Waals surface area contributed by atoms with Crippen LogP contribution in [0.5, 0.6) is 0 Å². The minimum atomic E-state index is -2.87. The number of nitrogens with zero attached hydrogens (tertiary/aromatic N) is 2. The Hall–Kier alpha value is -1.40. The van der Waals surface area contributed by atoms with Crippen molar-refractivity contribution in [1.29, 1.82) is 0 Å². The molecule has 21 heavy (non-hydrogen) atoms. The summed E-state index contributed by atoms with van der Waals surface area (Å²) in [5, 5.41) is 3.37. The Labute approximate surface area is 125 Å². The van der Waals surface area contributed by atoms with Gasteiger partial charge in [-0.2, -0.15) is 0 Å². The van der Waals surface area contributed by atoms with Crippen molar-refractivity contribution in [3.63, 3.8) is 0 Å². The van der Waals surface area contributed by atoms with Gasteiger partial charge in [0.15, 0.2) is 9.84 Å². The van der Waals surface area contributed by atoms with Crippen molar-refractivity contribution >= 4 is 20.9 Å². The molecule has 6 heteroatoms. The predicted molar refractivity (Wildman–Crippen MR) is 83.9 cm³/mol. The van der Waals surface area contributed by atoms with E-state index in [2.05, 4.69) is 27.9 Å². The average molecular weight is 307 g/mol. The van der Waals surface area contributed by atoms with Gasteiger partial charge in [-0.05, 0) is 31.9 Å².